The molecule has 0 spiro atoms. The molecule has 98 valence electrons. The van der Waals surface area contributed by atoms with Gasteiger partial charge in [0.25, 0.3) is 0 Å². The molecule has 5 atom stereocenters. The molecule has 2 aliphatic rings. The Morgan fingerprint density at radius 1 is 1.06 bits per heavy atom. The highest BCUT2D eigenvalue weighted by Gasteiger charge is 2.46. The van der Waals surface area contributed by atoms with E-state index in [2.05, 4.69) is 10.6 Å². The average Bonchev–Trinajstić information content (AvgIpc) is 2.41. The van der Waals surface area contributed by atoms with Crippen LogP contribution >= 0.6 is 0 Å². The molecule has 0 bridgehead atoms. The molecule has 0 amide bonds. The maximum absolute atomic E-state index is 10.1. The van der Waals surface area contributed by atoms with E-state index in [1.807, 2.05) is 24.3 Å². The third-order valence-electron chi connectivity index (χ3n) is 3.47. The van der Waals surface area contributed by atoms with E-state index in [1.165, 1.54) is 0 Å². The van der Waals surface area contributed by atoms with Gasteiger partial charge in [-0.1, -0.05) is 12.1 Å². The first kappa shape index (κ1) is 11.7. The zero-order chi connectivity index (χ0) is 12.7. The number of hydrogen-bond acceptors (Lipinski definition) is 6. The number of para-hydroxylation sites is 2. The first-order chi connectivity index (χ1) is 8.70. The van der Waals surface area contributed by atoms with Crippen LogP contribution in [0.4, 0.5) is 11.4 Å². The van der Waals surface area contributed by atoms with Crippen LogP contribution in [-0.2, 0) is 4.74 Å². The van der Waals surface area contributed by atoms with Gasteiger partial charge in [-0.3, -0.25) is 0 Å². The molecule has 0 aromatic heterocycles. The Hall–Kier alpha value is -1.34. The van der Waals surface area contributed by atoms with Gasteiger partial charge in [0.1, 0.15) is 18.3 Å². The summed E-state index contributed by atoms with van der Waals surface area (Å²) in [4.78, 5) is 0. The van der Waals surface area contributed by atoms with Crippen molar-refractivity contribution in [3.05, 3.63) is 24.3 Å². The lowest BCUT2D eigenvalue weighted by Gasteiger charge is -2.46. The molecule has 1 saturated heterocycles. The molecular weight excluding hydrogens is 236 g/mol. The number of ether oxygens (including phenoxy) is 1. The van der Waals surface area contributed by atoms with Gasteiger partial charge in [0.2, 0.25) is 0 Å². The van der Waals surface area contributed by atoms with E-state index in [0.29, 0.717) is 0 Å². The van der Waals surface area contributed by atoms with Crippen molar-refractivity contribution < 1.29 is 20.1 Å². The molecule has 1 fully saturated rings. The molecule has 0 aliphatic carbocycles. The summed E-state index contributed by atoms with van der Waals surface area (Å²) in [5, 5.41) is 35.3. The Bertz CT molecular complexity index is 442. The van der Waals surface area contributed by atoms with E-state index in [4.69, 9.17) is 9.84 Å². The van der Waals surface area contributed by atoms with Crippen molar-refractivity contribution in [3.63, 3.8) is 0 Å². The van der Waals surface area contributed by atoms with Gasteiger partial charge in [0.15, 0.2) is 6.23 Å². The molecule has 0 radical (unpaired) electrons. The van der Waals surface area contributed by atoms with Crippen LogP contribution in [0.15, 0.2) is 24.3 Å². The fourth-order valence-electron chi connectivity index (χ4n) is 2.47. The number of hydrogen-bond donors (Lipinski definition) is 5. The highest BCUT2D eigenvalue weighted by molar-refractivity contribution is 5.71. The lowest BCUT2D eigenvalue weighted by atomic mass is 9.94. The Kier molecular flexibility index (Phi) is 2.87. The number of anilines is 2. The normalized spacial score (nSPS) is 38.1. The molecule has 18 heavy (non-hydrogen) atoms. The lowest BCUT2D eigenvalue weighted by Crippen LogP contribution is -2.64. The van der Waals surface area contributed by atoms with Crippen LogP contribution in [0.3, 0.4) is 0 Å². The summed E-state index contributed by atoms with van der Waals surface area (Å²) in [6.07, 6.45) is -3.35. The van der Waals surface area contributed by atoms with E-state index >= 15 is 0 Å². The van der Waals surface area contributed by atoms with Crippen LogP contribution in [0.2, 0.25) is 0 Å². The van der Waals surface area contributed by atoms with Gasteiger partial charge in [-0.15, -0.1) is 0 Å². The van der Waals surface area contributed by atoms with Gasteiger partial charge >= 0.3 is 0 Å². The van der Waals surface area contributed by atoms with Crippen LogP contribution in [0.25, 0.3) is 0 Å². The Balaban J connectivity index is 1.88. The Morgan fingerprint density at radius 3 is 2.39 bits per heavy atom. The summed E-state index contributed by atoms with van der Waals surface area (Å²) in [6, 6.07) is 7.11. The summed E-state index contributed by atoms with van der Waals surface area (Å²) >= 11 is 0. The van der Waals surface area contributed by atoms with E-state index in [0.717, 1.165) is 11.4 Å². The van der Waals surface area contributed by atoms with Crippen molar-refractivity contribution in [1.82, 2.24) is 0 Å². The Morgan fingerprint density at radius 2 is 1.72 bits per heavy atom. The summed E-state index contributed by atoms with van der Waals surface area (Å²) in [7, 11) is 0. The smallest absolute Gasteiger partial charge is 0.151 e. The molecule has 2 heterocycles. The van der Waals surface area contributed by atoms with Crippen LogP contribution in [-0.4, -0.2) is 52.5 Å². The van der Waals surface area contributed by atoms with E-state index in [9.17, 15) is 10.2 Å². The predicted molar refractivity (Wildman–Crippen MR) is 65.2 cm³/mol. The first-order valence-electron chi connectivity index (χ1n) is 5.95. The van der Waals surface area contributed by atoms with Gasteiger partial charge in [-0.2, -0.15) is 0 Å². The van der Waals surface area contributed by atoms with Gasteiger partial charge in [0.05, 0.1) is 24.0 Å². The SMILES string of the molecule is OC[C@H]1O[C@H]2Nc3ccccc3N[C@H]2[C@@H](O)[C@@H]1O. The zero-order valence-electron chi connectivity index (χ0n) is 9.65. The highest BCUT2D eigenvalue weighted by Crippen LogP contribution is 2.33. The van der Waals surface area contributed by atoms with Crippen LogP contribution in [0.1, 0.15) is 0 Å². The zero-order valence-corrected chi connectivity index (χ0v) is 9.65. The second-order valence-corrected chi connectivity index (χ2v) is 4.62. The predicted octanol–water partition coefficient (Wildman–Crippen LogP) is -0.668. The van der Waals surface area contributed by atoms with Crippen molar-refractivity contribution in [1.29, 1.82) is 0 Å². The summed E-state index contributed by atoms with van der Waals surface area (Å²) in [5.41, 5.74) is 1.73. The topological polar surface area (TPSA) is 94.0 Å². The average molecular weight is 252 g/mol. The number of benzene rings is 1. The lowest BCUT2D eigenvalue weighted by molar-refractivity contribution is -0.178. The molecule has 6 nitrogen and oxygen atoms in total. The summed E-state index contributed by atoms with van der Waals surface area (Å²) < 4.78 is 5.55. The molecule has 0 saturated carbocycles. The number of aliphatic hydroxyl groups is 3. The molecule has 3 rings (SSSR count). The molecule has 0 unspecified atom stereocenters. The van der Waals surface area contributed by atoms with E-state index < -0.39 is 30.6 Å². The van der Waals surface area contributed by atoms with Crippen molar-refractivity contribution >= 4 is 11.4 Å². The third-order valence-corrected chi connectivity index (χ3v) is 3.47. The fourth-order valence-corrected chi connectivity index (χ4v) is 2.47. The molecule has 1 aromatic carbocycles. The monoisotopic (exact) mass is 252 g/mol. The van der Waals surface area contributed by atoms with Crippen molar-refractivity contribution in [2.75, 3.05) is 17.2 Å². The second-order valence-electron chi connectivity index (χ2n) is 4.62. The summed E-state index contributed by atoms with van der Waals surface area (Å²) in [6.45, 7) is -0.329. The Labute approximate surface area is 104 Å². The van der Waals surface area contributed by atoms with E-state index in [-0.39, 0.29) is 6.61 Å². The van der Waals surface area contributed by atoms with Gasteiger partial charge in [0, 0.05) is 0 Å². The number of rotatable bonds is 1. The number of fused-ring (bicyclic) bond motifs is 2. The quantitative estimate of drug-likeness (QED) is 0.455. The highest BCUT2D eigenvalue weighted by atomic mass is 16.5. The first-order valence-corrected chi connectivity index (χ1v) is 5.95. The standard InChI is InChI=1S/C12H16N2O4/c15-5-8-10(16)11(17)9-12(18-8)14-7-4-2-1-3-6(7)13-9/h1-4,8-17H,5H2/t8-,9+,10-,11-,12-/m1/s1. The summed E-state index contributed by atoms with van der Waals surface area (Å²) in [5.74, 6) is 0. The van der Waals surface area contributed by atoms with Crippen LogP contribution in [0, 0.1) is 0 Å². The molecule has 2 aliphatic heterocycles. The van der Waals surface area contributed by atoms with Crippen molar-refractivity contribution in [3.8, 4) is 0 Å². The minimum absolute atomic E-state index is 0.329. The molecule has 1 aromatic rings. The number of aliphatic hydroxyl groups excluding tert-OH is 3. The third kappa shape index (κ3) is 1.74. The van der Waals surface area contributed by atoms with Gasteiger partial charge < -0.3 is 30.7 Å². The maximum Gasteiger partial charge on any atom is 0.151 e. The molecular formula is C12H16N2O4. The van der Waals surface area contributed by atoms with Crippen molar-refractivity contribution in [2.45, 2.75) is 30.6 Å². The second kappa shape index (κ2) is 4.40. The van der Waals surface area contributed by atoms with Crippen LogP contribution in [0.5, 0.6) is 0 Å². The van der Waals surface area contributed by atoms with Gasteiger partial charge in [-0.05, 0) is 12.1 Å². The minimum atomic E-state index is -1.10. The van der Waals surface area contributed by atoms with Crippen LogP contribution < -0.4 is 10.6 Å². The van der Waals surface area contributed by atoms with Gasteiger partial charge in [-0.25, -0.2) is 0 Å². The largest absolute Gasteiger partial charge is 0.394 e. The minimum Gasteiger partial charge on any atom is -0.394 e. The molecule has 5 N–H and O–H groups in total. The van der Waals surface area contributed by atoms with E-state index in [1.54, 1.807) is 0 Å². The van der Waals surface area contributed by atoms with Crippen molar-refractivity contribution in [2.24, 2.45) is 0 Å². The fraction of sp³-hybridized carbons (Fsp3) is 0.500. The molecule has 6 heteroatoms. The maximum atomic E-state index is 10.1. The number of nitrogens with one attached hydrogen (secondary N) is 2.